The monoisotopic (exact) mass is 352 g/mol. The summed E-state index contributed by atoms with van der Waals surface area (Å²) < 4.78 is 2.14. The number of aromatic nitrogens is 3. The van der Waals surface area contributed by atoms with Gasteiger partial charge in [-0.05, 0) is 19.4 Å². The van der Waals surface area contributed by atoms with E-state index in [0.29, 0.717) is 13.0 Å². The molecule has 5 nitrogen and oxygen atoms in total. The number of rotatable bonds is 3. The van der Waals surface area contributed by atoms with E-state index in [1.807, 2.05) is 49.3 Å². The maximum absolute atomic E-state index is 13.1. The lowest BCUT2D eigenvalue weighted by Gasteiger charge is -2.36. The van der Waals surface area contributed by atoms with Gasteiger partial charge in [0.05, 0.1) is 29.7 Å². The molecule has 2 aromatic heterocycles. The standard InChI is InChI=1S/C19H20N4OS/c1-13-17(25-14(2)21-13)10-19(24)23-12-18-20-8-9-22(18)11-16(23)15-6-4-3-5-7-15/h3-9,16H,10-12H2,1-2H3/t16-/m1/s1. The van der Waals surface area contributed by atoms with Crippen molar-refractivity contribution in [3.05, 3.63) is 69.7 Å². The van der Waals surface area contributed by atoms with Crippen LogP contribution in [0.2, 0.25) is 0 Å². The molecular formula is C19H20N4OS. The van der Waals surface area contributed by atoms with Gasteiger partial charge in [0.15, 0.2) is 0 Å². The number of amides is 1. The molecule has 0 bridgehead atoms. The van der Waals surface area contributed by atoms with Crippen LogP contribution in [0.5, 0.6) is 0 Å². The molecule has 3 aromatic rings. The van der Waals surface area contributed by atoms with E-state index < -0.39 is 0 Å². The van der Waals surface area contributed by atoms with E-state index in [-0.39, 0.29) is 11.9 Å². The van der Waals surface area contributed by atoms with Crippen LogP contribution in [0.25, 0.3) is 0 Å². The highest BCUT2D eigenvalue weighted by atomic mass is 32.1. The number of imidazole rings is 1. The van der Waals surface area contributed by atoms with E-state index in [2.05, 4.69) is 26.7 Å². The number of thiazole rings is 1. The van der Waals surface area contributed by atoms with Gasteiger partial charge in [-0.15, -0.1) is 11.3 Å². The predicted molar refractivity (Wildman–Crippen MR) is 97.3 cm³/mol. The van der Waals surface area contributed by atoms with Gasteiger partial charge in [-0.25, -0.2) is 9.97 Å². The van der Waals surface area contributed by atoms with Crippen molar-refractivity contribution in [2.75, 3.05) is 0 Å². The quantitative estimate of drug-likeness (QED) is 0.727. The molecule has 25 heavy (non-hydrogen) atoms. The molecule has 0 saturated carbocycles. The third-order valence-electron chi connectivity index (χ3n) is 4.68. The number of nitrogens with zero attached hydrogens (tertiary/aromatic N) is 4. The summed E-state index contributed by atoms with van der Waals surface area (Å²) in [6, 6.07) is 10.3. The summed E-state index contributed by atoms with van der Waals surface area (Å²) in [7, 11) is 0. The van der Waals surface area contributed by atoms with Crippen LogP contribution < -0.4 is 0 Å². The second-order valence-corrected chi connectivity index (χ2v) is 7.65. The van der Waals surface area contributed by atoms with Crippen molar-refractivity contribution in [3.63, 3.8) is 0 Å². The molecule has 0 radical (unpaired) electrons. The molecule has 6 heteroatoms. The second kappa shape index (κ2) is 6.44. The first-order valence-corrected chi connectivity index (χ1v) is 9.21. The van der Waals surface area contributed by atoms with Crippen molar-refractivity contribution in [2.24, 2.45) is 0 Å². The van der Waals surface area contributed by atoms with E-state index >= 15 is 0 Å². The minimum absolute atomic E-state index is 0.0322. The summed E-state index contributed by atoms with van der Waals surface area (Å²) in [5.41, 5.74) is 2.12. The zero-order chi connectivity index (χ0) is 17.4. The summed E-state index contributed by atoms with van der Waals surface area (Å²) in [6.07, 6.45) is 4.20. The van der Waals surface area contributed by atoms with Crippen LogP contribution in [-0.2, 0) is 24.3 Å². The van der Waals surface area contributed by atoms with Gasteiger partial charge >= 0.3 is 0 Å². The highest BCUT2D eigenvalue weighted by Crippen LogP contribution is 2.30. The lowest BCUT2D eigenvalue weighted by Crippen LogP contribution is -2.41. The Labute approximate surface area is 151 Å². The number of benzene rings is 1. The maximum atomic E-state index is 13.1. The Balaban J connectivity index is 1.65. The smallest absolute Gasteiger partial charge is 0.228 e. The zero-order valence-corrected chi connectivity index (χ0v) is 15.2. The van der Waals surface area contributed by atoms with Crippen molar-refractivity contribution in [3.8, 4) is 0 Å². The molecule has 0 saturated heterocycles. The SMILES string of the molecule is Cc1nc(C)c(CC(=O)N2Cc3nccn3C[C@@H]2c2ccccc2)s1. The minimum atomic E-state index is 0.0322. The van der Waals surface area contributed by atoms with Crippen LogP contribution in [0.1, 0.15) is 33.0 Å². The van der Waals surface area contributed by atoms with E-state index in [4.69, 9.17) is 0 Å². The fourth-order valence-corrected chi connectivity index (χ4v) is 4.33. The highest BCUT2D eigenvalue weighted by molar-refractivity contribution is 7.11. The van der Waals surface area contributed by atoms with Crippen molar-refractivity contribution in [2.45, 2.75) is 39.4 Å². The van der Waals surface area contributed by atoms with Gasteiger partial charge in [0.1, 0.15) is 5.82 Å². The fourth-order valence-electron chi connectivity index (χ4n) is 3.40. The average Bonchev–Trinajstić information content (AvgIpc) is 3.20. The Hall–Kier alpha value is -2.47. The molecule has 3 heterocycles. The van der Waals surface area contributed by atoms with Crippen LogP contribution in [0.4, 0.5) is 0 Å². The summed E-state index contributed by atoms with van der Waals surface area (Å²) in [5.74, 6) is 1.08. The number of fused-ring (bicyclic) bond motifs is 1. The van der Waals surface area contributed by atoms with Crippen molar-refractivity contribution >= 4 is 17.2 Å². The molecule has 0 unspecified atom stereocenters. The Morgan fingerprint density at radius 3 is 2.80 bits per heavy atom. The largest absolute Gasteiger partial charge is 0.331 e. The molecule has 0 aliphatic carbocycles. The first kappa shape index (κ1) is 16.0. The van der Waals surface area contributed by atoms with Crippen molar-refractivity contribution in [1.82, 2.24) is 19.4 Å². The zero-order valence-electron chi connectivity index (χ0n) is 14.3. The highest BCUT2D eigenvalue weighted by Gasteiger charge is 2.31. The molecule has 0 spiro atoms. The van der Waals surface area contributed by atoms with Crippen molar-refractivity contribution in [1.29, 1.82) is 0 Å². The number of hydrogen-bond donors (Lipinski definition) is 0. The Kier molecular flexibility index (Phi) is 4.13. The molecule has 0 fully saturated rings. The van der Waals surface area contributed by atoms with Gasteiger partial charge in [0, 0.05) is 23.8 Å². The predicted octanol–water partition coefficient (Wildman–Crippen LogP) is 3.28. The molecule has 1 aliphatic heterocycles. The minimum Gasteiger partial charge on any atom is -0.331 e. The van der Waals surface area contributed by atoms with Gasteiger partial charge in [0.2, 0.25) is 5.91 Å². The van der Waals surface area contributed by atoms with Gasteiger partial charge in [-0.3, -0.25) is 4.79 Å². The topological polar surface area (TPSA) is 51.0 Å². The molecule has 1 aliphatic rings. The van der Waals surface area contributed by atoms with Crippen molar-refractivity contribution < 1.29 is 4.79 Å². The van der Waals surface area contributed by atoms with E-state index in [9.17, 15) is 4.79 Å². The Morgan fingerprint density at radius 1 is 1.28 bits per heavy atom. The molecular weight excluding hydrogens is 332 g/mol. The fraction of sp³-hybridized carbons (Fsp3) is 0.316. The lowest BCUT2D eigenvalue weighted by atomic mass is 10.0. The normalized spacial score (nSPS) is 16.7. The average molecular weight is 352 g/mol. The van der Waals surface area contributed by atoms with E-state index in [0.717, 1.165) is 33.5 Å². The maximum Gasteiger partial charge on any atom is 0.228 e. The molecule has 128 valence electrons. The van der Waals surface area contributed by atoms with Gasteiger partial charge in [-0.1, -0.05) is 30.3 Å². The molecule has 1 aromatic carbocycles. The number of aryl methyl sites for hydroxylation is 2. The van der Waals surface area contributed by atoms with E-state index in [1.165, 1.54) is 0 Å². The third kappa shape index (κ3) is 3.09. The van der Waals surface area contributed by atoms with E-state index in [1.54, 1.807) is 11.3 Å². The first-order chi connectivity index (χ1) is 12.1. The number of hydrogen-bond acceptors (Lipinski definition) is 4. The number of carbonyl (C=O) groups excluding carboxylic acids is 1. The van der Waals surface area contributed by atoms with Gasteiger partial charge < -0.3 is 9.47 Å². The summed E-state index contributed by atoms with van der Waals surface area (Å²) in [4.78, 5) is 25.0. The van der Waals surface area contributed by atoms with Crippen LogP contribution in [0, 0.1) is 13.8 Å². The summed E-state index contributed by atoms with van der Waals surface area (Å²) in [5, 5.41) is 1.01. The van der Waals surface area contributed by atoms with Crippen LogP contribution in [0.3, 0.4) is 0 Å². The second-order valence-electron chi connectivity index (χ2n) is 6.36. The molecule has 0 N–H and O–H groups in total. The van der Waals surface area contributed by atoms with Crippen LogP contribution >= 0.6 is 11.3 Å². The van der Waals surface area contributed by atoms with Gasteiger partial charge in [-0.2, -0.15) is 0 Å². The van der Waals surface area contributed by atoms with Crippen LogP contribution in [0.15, 0.2) is 42.7 Å². The van der Waals surface area contributed by atoms with Crippen LogP contribution in [-0.4, -0.2) is 25.3 Å². The Morgan fingerprint density at radius 2 is 2.08 bits per heavy atom. The lowest BCUT2D eigenvalue weighted by molar-refractivity contribution is -0.135. The number of carbonyl (C=O) groups is 1. The Bertz CT molecular complexity index is 899. The molecule has 1 atom stereocenters. The third-order valence-corrected chi connectivity index (χ3v) is 5.75. The molecule has 4 rings (SSSR count). The summed E-state index contributed by atoms with van der Waals surface area (Å²) in [6.45, 7) is 5.24. The van der Waals surface area contributed by atoms with Gasteiger partial charge in [0.25, 0.3) is 0 Å². The first-order valence-electron chi connectivity index (χ1n) is 8.39. The summed E-state index contributed by atoms with van der Waals surface area (Å²) >= 11 is 1.61. The molecule has 1 amide bonds.